The average molecular weight is 274 g/mol. The Hall–Kier alpha value is 0.384. The second-order valence-electron chi connectivity index (χ2n) is 3.00. The fourth-order valence-electron chi connectivity index (χ4n) is 0.203. The number of rotatable bonds is 3. The van der Waals surface area contributed by atoms with Crippen molar-refractivity contribution >= 4 is 0 Å². The Morgan fingerprint density at radius 1 is 1.00 bits per heavy atom. The first-order chi connectivity index (χ1) is 6.38. The van der Waals surface area contributed by atoms with E-state index in [0.717, 1.165) is 0 Å². The van der Waals surface area contributed by atoms with Crippen LogP contribution in [0.1, 0.15) is 34.6 Å². The van der Waals surface area contributed by atoms with Gasteiger partial charge in [-0.05, 0) is 6.92 Å². The third-order valence-corrected chi connectivity index (χ3v) is 0.432. The van der Waals surface area contributed by atoms with Crippen LogP contribution < -0.4 is 15.3 Å². The molecule has 0 fully saturated rings. The van der Waals surface area contributed by atoms with Gasteiger partial charge in [0.05, 0.1) is 0 Å². The Balaban J connectivity index is -0.0000000367. The number of ether oxygens (including phenoxy) is 1. The standard InChI is InChI=1S/C4H9O2.2C3H7O.O.V/c1-2-6-4-3-5;2*1-3(2)4;;/h2-4H2,1H3;2*3H,1-2H3;;/q3*-1;-2;+5. The van der Waals surface area contributed by atoms with Crippen molar-refractivity contribution in [3.05, 3.63) is 0 Å². The molecule has 98 valence electrons. The molecule has 0 aromatic rings. The SMILES string of the molecule is CC(C)[O-].CC(C)[O-].CCOCC[O-].[O-2].[V+5]. The molecule has 0 aliphatic rings. The molecule has 0 amide bonds. The monoisotopic (exact) mass is 274 g/mol. The van der Waals surface area contributed by atoms with Gasteiger partial charge in [0, 0.05) is 13.2 Å². The second kappa shape index (κ2) is 29.5. The van der Waals surface area contributed by atoms with E-state index in [4.69, 9.17) is 0 Å². The van der Waals surface area contributed by atoms with E-state index >= 15 is 0 Å². The van der Waals surface area contributed by atoms with Gasteiger partial charge in [0.2, 0.25) is 0 Å². The van der Waals surface area contributed by atoms with Crippen LogP contribution in [0.5, 0.6) is 0 Å². The van der Waals surface area contributed by atoms with Gasteiger partial charge in [-0.3, -0.25) is 0 Å². The van der Waals surface area contributed by atoms with Crippen LogP contribution in [0.2, 0.25) is 0 Å². The predicted molar refractivity (Wildman–Crippen MR) is 52.3 cm³/mol. The Labute approximate surface area is 111 Å². The first-order valence-electron chi connectivity index (χ1n) is 4.85. The molecule has 0 atom stereocenters. The maximum absolute atomic E-state index is 9.56. The van der Waals surface area contributed by atoms with Crippen molar-refractivity contribution < 1.29 is 44.1 Å². The molecule has 0 aromatic carbocycles. The summed E-state index contributed by atoms with van der Waals surface area (Å²) >= 11 is 0. The molecule has 0 rings (SSSR count). The van der Waals surface area contributed by atoms with Crippen LogP contribution in [-0.2, 0) is 28.8 Å². The summed E-state index contributed by atoms with van der Waals surface area (Å²) in [7, 11) is 0. The molecule has 16 heavy (non-hydrogen) atoms. The molecule has 0 aliphatic heterocycles. The molecule has 6 heteroatoms. The number of hydrogen-bond donors (Lipinski definition) is 0. The van der Waals surface area contributed by atoms with Crippen LogP contribution in [0.4, 0.5) is 0 Å². The van der Waals surface area contributed by atoms with E-state index in [1.165, 1.54) is 0 Å². The van der Waals surface area contributed by atoms with Gasteiger partial charge in [-0.15, -0.1) is 18.8 Å². The quantitative estimate of drug-likeness (QED) is 0.600. The van der Waals surface area contributed by atoms with E-state index in [1.54, 1.807) is 27.7 Å². The smallest absolute Gasteiger partial charge is 2.00 e. The van der Waals surface area contributed by atoms with Crippen LogP contribution >= 0.6 is 0 Å². The minimum Gasteiger partial charge on any atom is -2.00 e. The fraction of sp³-hybridized carbons (Fsp3) is 1.00. The summed E-state index contributed by atoms with van der Waals surface area (Å²) in [5.41, 5.74) is 0. The largest absolute Gasteiger partial charge is 5.00 e. The van der Waals surface area contributed by atoms with Crippen LogP contribution in [0.3, 0.4) is 0 Å². The summed E-state index contributed by atoms with van der Waals surface area (Å²) in [6.07, 6.45) is -0.833. The minimum atomic E-state index is -0.417. The van der Waals surface area contributed by atoms with Crippen molar-refractivity contribution in [1.29, 1.82) is 0 Å². The summed E-state index contributed by atoms with van der Waals surface area (Å²) < 4.78 is 4.67. The molecule has 0 saturated heterocycles. The van der Waals surface area contributed by atoms with E-state index in [9.17, 15) is 15.3 Å². The van der Waals surface area contributed by atoms with Crippen molar-refractivity contribution in [2.45, 2.75) is 46.8 Å². The van der Waals surface area contributed by atoms with Gasteiger partial charge in [-0.25, -0.2) is 0 Å². The fourth-order valence-corrected chi connectivity index (χ4v) is 0.203. The van der Waals surface area contributed by atoms with Crippen molar-refractivity contribution in [3.63, 3.8) is 0 Å². The summed E-state index contributed by atoms with van der Waals surface area (Å²) in [6.45, 7) is 9.21. The zero-order valence-electron chi connectivity index (χ0n) is 10.8. The van der Waals surface area contributed by atoms with Crippen LogP contribution in [0, 0.1) is 0 Å². The first-order valence-corrected chi connectivity index (χ1v) is 4.85. The molecule has 0 bridgehead atoms. The van der Waals surface area contributed by atoms with E-state index in [0.29, 0.717) is 13.2 Å². The Bertz CT molecular complexity index is 66.1. The van der Waals surface area contributed by atoms with Crippen LogP contribution in [-0.4, -0.2) is 32.0 Å². The first kappa shape index (κ1) is 29.9. The van der Waals surface area contributed by atoms with Gasteiger partial charge in [0.25, 0.3) is 0 Å². The van der Waals surface area contributed by atoms with Crippen molar-refractivity contribution in [1.82, 2.24) is 0 Å². The third kappa shape index (κ3) is 225. The molecule has 5 nitrogen and oxygen atoms in total. The zero-order valence-corrected chi connectivity index (χ0v) is 12.2. The van der Waals surface area contributed by atoms with Gasteiger partial charge in [-0.1, -0.05) is 27.7 Å². The van der Waals surface area contributed by atoms with Crippen molar-refractivity contribution in [2.24, 2.45) is 0 Å². The molecule has 0 aliphatic carbocycles. The average Bonchev–Trinajstić information content (AvgIpc) is 1.98. The summed E-state index contributed by atoms with van der Waals surface area (Å²) in [5.74, 6) is 0. The topological polar surface area (TPSA) is 107 Å². The second-order valence-corrected chi connectivity index (χ2v) is 3.00. The van der Waals surface area contributed by atoms with E-state index in [2.05, 4.69) is 4.74 Å². The van der Waals surface area contributed by atoms with Crippen molar-refractivity contribution in [2.75, 3.05) is 19.8 Å². The maximum atomic E-state index is 9.56. The Morgan fingerprint density at radius 3 is 1.31 bits per heavy atom. The van der Waals surface area contributed by atoms with E-state index in [-0.39, 0.29) is 30.6 Å². The molecule has 0 N–H and O–H groups in total. The van der Waals surface area contributed by atoms with Gasteiger partial charge in [0.1, 0.15) is 0 Å². The molecule has 0 radical (unpaired) electrons. The molecule has 0 unspecified atom stereocenters. The zero-order chi connectivity index (χ0) is 12.0. The van der Waals surface area contributed by atoms with Gasteiger partial charge in [0.15, 0.2) is 0 Å². The van der Waals surface area contributed by atoms with Crippen LogP contribution in [0.15, 0.2) is 0 Å². The van der Waals surface area contributed by atoms with E-state index in [1.807, 2.05) is 6.92 Å². The molecule has 0 aromatic heterocycles. The van der Waals surface area contributed by atoms with Gasteiger partial charge >= 0.3 is 18.6 Å². The van der Waals surface area contributed by atoms with E-state index < -0.39 is 12.2 Å². The molecule has 0 spiro atoms. The third-order valence-electron chi connectivity index (χ3n) is 0.432. The minimum absolute atomic E-state index is 0. The molecule has 0 saturated carbocycles. The van der Waals surface area contributed by atoms with Gasteiger partial charge < -0.3 is 25.5 Å². The van der Waals surface area contributed by atoms with Crippen molar-refractivity contribution in [3.8, 4) is 0 Å². The molecule has 0 heterocycles. The maximum Gasteiger partial charge on any atom is 5.00 e. The normalized spacial score (nSPS) is 7.88. The summed E-state index contributed by atoms with van der Waals surface area (Å²) in [6, 6.07) is 0. The molecular weight excluding hydrogens is 251 g/mol. The summed E-state index contributed by atoms with van der Waals surface area (Å²) in [5, 5.41) is 28.6. The molecular formula is C10H23O5V. The Morgan fingerprint density at radius 2 is 1.25 bits per heavy atom. The van der Waals surface area contributed by atoms with Gasteiger partial charge in [-0.2, -0.15) is 0 Å². The Kier molecular flexibility index (Phi) is 55.2. The van der Waals surface area contributed by atoms with Crippen LogP contribution in [0.25, 0.3) is 0 Å². The predicted octanol–water partition coefficient (Wildman–Crippen LogP) is -1.23. The summed E-state index contributed by atoms with van der Waals surface area (Å²) in [4.78, 5) is 0. The number of hydrogen-bond acceptors (Lipinski definition) is 4.